The van der Waals surface area contributed by atoms with Gasteiger partial charge in [0.2, 0.25) is 10.0 Å². The maximum atomic E-state index is 12.4. The number of rotatable bonds is 4. The molecule has 0 atom stereocenters. The molecule has 0 bridgehead atoms. The normalized spacial score (nSPS) is 25.0. The Morgan fingerprint density at radius 3 is 2.21 bits per heavy atom. The second-order valence-electron chi connectivity index (χ2n) is 6.00. The summed E-state index contributed by atoms with van der Waals surface area (Å²) < 4.78 is 26.5. The highest BCUT2D eigenvalue weighted by molar-refractivity contribution is 7.89. The van der Waals surface area contributed by atoms with Gasteiger partial charge < -0.3 is 5.32 Å². The second-order valence-corrected chi connectivity index (χ2v) is 8.01. The van der Waals surface area contributed by atoms with E-state index >= 15 is 0 Å². The third-order valence-electron chi connectivity index (χ3n) is 4.30. The molecule has 0 aromatic heterocycles. The van der Waals surface area contributed by atoms with E-state index in [4.69, 9.17) is 0 Å². The van der Waals surface area contributed by atoms with Crippen molar-refractivity contribution in [3.8, 4) is 0 Å². The van der Waals surface area contributed by atoms with Crippen molar-refractivity contribution in [1.29, 1.82) is 0 Å². The van der Waals surface area contributed by atoms with Crippen LogP contribution in [0.25, 0.3) is 0 Å². The van der Waals surface area contributed by atoms with Crippen LogP contribution in [0.15, 0.2) is 0 Å². The molecule has 2 heterocycles. The predicted molar refractivity (Wildman–Crippen MR) is 77.7 cm³/mol. The third kappa shape index (κ3) is 4.15. The monoisotopic (exact) mass is 289 g/mol. The van der Waals surface area contributed by atoms with E-state index in [1.807, 2.05) is 0 Å². The van der Waals surface area contributed by atoms with Crippen LogP contribution in [0.5, 0.6) is 0 Å². The minimum Gasteiger partial charge on any atom is -0.317 e. The first-order valence-electron chi connectivity index (χ1n) is 7.41. The van der Waals surface area contributed by atoms with E-state index in [1.54, 1.807) is 4.31 Å². The lowest BCUT2D eigenvalue weighted by Gasteiger charge is -2.37. The molecule has 0 aromatic carbocycles. The minimum absolute atomic E-state index is 0.342. The Balaban J connectivity index is 1.86. The quantitative estimate of drug-likeness (QED) is 0.811. The fourth-order valence-corrected chi connectivity index (χ4v) is 4.81. The number of nitrogens with one attached hydrogen (secondary N) is 1. The summed E-state index contributed by atoms with van der Waals surface area (Å²) in [6.07, 6.45) is 1.98. The van der Waals surface area contributed by atoms with Gasteiger partial charge in [-0.25, -0.2) is 8.42 Å². The zero-order valence-electron chi connectivity index (χ0n) is 12.1. The standard InChI is InChI=1S/C13H27N3O2S/c1-12(2)15-7-9-16(10-8-15)19(17,18)11-13-3-5-14-6-4-13/h12-14H,3-11H2,1-2H3. The first-order valence-corrected chi connectivity index (χ1v) is 9.02. The fourth-order valence-electron chi connectivity index (χ4n) is 2.95. The lowest BCUT2D eigenvalue weighted by molar-refractivity contribution is 0.153. The zero-order valence-corrected chi connectivity index (χ0v) is 13.0. The molecular weight excluding hydrogens is 262 g/mol. The first-order chi connectivity index (χ1) is 8.99. The average molecular weight is 289 g/mol. The van der Waals surface area contributed by atoms with Gasteiger partial charge in [-0.05, 0) is 45.7 Å². The van der Waals surface area contributed by atoms with E-state index < -0.39 is 10.0 Å². The summed E-state index contributed by atoms with van der Waals surface area (Å²) in [5, 5.41) is 3.28. The van der Waals surface area contributed by atoms with Gasteiger partial charge in [0.1, 0.15) is 0 Å². The van der Waals surface area contributed by atoms with Crippen LogP contribution in [0.2, 0.25) is 0 Å². The van der Waals surface area contributed by atoms with Crippen molar-refractivity contribution >= 4 is 10.0 Å². The molecule has 0 spiro atoms. The van der Waals surface area contributed by atoms with Crippen LogP contribution in [-0.4, -0.2) is 68.7 Å². The van der Waals surface area contributed by atoms with Crippen molar-refractivity contribution in [2.24, 2.45) is 5.92 Å². The van der Waals surface area contributed by atoms with Gasteiger partial charge in [-0.2, -0.15) is 4.31 Å². The van der Waals surface area contributed by atoms with Gasteiger partial charge in [0, 0.05) is 32.2 Å². The lowest BCUT2D eigenvalue weighted by Crippen LogP contribution is -2.51. The van der Waals surface area contributed by atoms with Gasteiger partial charge in [0.15, 0.2) is 0 Å². The van der Waals surface area contributed by atoms with E-state index in [9.17, 15) is 8.42 Å². The molecule has 2 saturated heterocycles. The summed E-state index contributed by atoms with van der Waals surface area (Å²) in [6, 6.07) is 0.509. The van der Waals surface area contributed by atoms with Gasteiger partial charge in [-0.15, -0.1) is 0 Å². The van der Waals surface area contributed by atoms with E-state index in [-0.39, 0.29) is 0 Å². The maximum Gasteiger partial charge on any atom is 0.214 e. The number of piperidine rings is 1. The van der Waals surface area contributed by atoms with Gasteiger partial charge in [0.05, 0.1) is 5.75 Å². The Morgan fingerprint density at radius 1 is 1.11 bits per heavy atom. The topological polar surface area (TPSA) is 52.7 Å². The van der Waals surface area contributed by atoms with Crippen LogP contribution in [0.3, 0.4) is 0 Å². The van der Waals surface area contributed by atoms with Crippen molar-refractivity contribution in [3.05, 3.63) is 0 Å². The highest BCUT2D eigenvalue weighted by Crippen LogP contribution is 2.18. The van der Waals surface area contributed by atoms with Gasteiger partial charge >= 0.3 is 0 Å². The molecule has 0 radical (unpaired) electrons. The van der Waals surface area contributed by atoms with Crippen molar-refractivity contribution in [3.63, 3.8) is 0 Å². The Hall–Kier alpha value is -0.170. The van der Waals surface area contributed by atoms with Crippen LogP contribution < -0.4 is 5.32 Å². The number of hydrogen-bond donors (Lipinski definition) is 1. The predicted octanol–water partition coefficient (Wildman–Crippen LogP) is 0.342. The molecule has 0 aromatic rings. The van der Waals surface area contributed by atoms with E-state index in [0.717, 1.165) is 39.0 Å². The number of hydrogen-bond acceptors (Lipinski definition) is 4. The number of sulfonamides is 1. The highest BCUT2D eigenvalue weighted by atomic mass is 32.2. The van der Waals surface area contributed by atoms with Crippen molar-refractivity contribution in [2.45, 2.75) is 32.7 Å². The minimum atomic E-state index is -3.05. The molecule has 2 aliphatic heterocycles. The van der Waals surface area contributed by atoms with Crippen LogP contribution in [0, 0.1) is 5.92 Å². The third-order valence-corrected chi connectivity index (χ3v) is 6.35. The molecule has 5 nitrogen and oxygen atoms in total. The molecule has 2 rings (SSSR count). The largest absolute Gasteiger partial charge is 0.317 e. The van der Waals surface area contributed by atoms with E-state index in [2.05, 4.69) is 24.1 Å². The summed E-state index contributed by atoms with van der Waals surface area (Å²) >= 11 is 0. The molecule has 0 saturated carbocycles. The number of nitrogens with zero attached hydrogens (tertiary/aromatic N) is 2. The molecule has 2 aliphatic rings. The first kappa shape index (κ1) is 15.2. The molecule has 112 valence electrons. The summed E-state index contributed by atoms with van der Waals surface area (Å²) in [5.41, 5.74) is 0. The Bertz CT molecular complexity index is 369. The van der Waals surface area contributed by atoms with Crippen LogP contribution in [-0.2, 0) is 10.0 Å². The molecule has 0 amide bonds. The summed E-state index contributed by atoms with van der Waals surface area (Å²) in [4.78, 5) is 2.34. The Labute approximate surface area is 117 Å². The van der Waals surface area contributed by atoms with Crippen molar-refractivity contribution < 1.29 is 8.42 Å². The average Bonchev–Trinajstić information content (AvgIpc) is 2.39. The summed E-state index contributed by atoms with van der Waals surface area (Å²) in [7, 11) is -3.05. The fraction of sp³-hybridized carbons (Fsp3) is 1.00. The lowest BCUT2D eigenvalue weighted by atomic mass is 10.0. The molecule has 1 N–H and O–H groups in total. The van der Waals surface area contributed by atoms with E-state index in [0.29, 0.717) is 30.8 Å². The van der Waals surface area contributed by atoms with Gasteiger partial charge in [0.25, 0.3) is 0 Å². The Kier molecular flexibility index (Phi) is 5.22. The van der Waals surface area contributed by atoms with Crippen molar-refractivity contribution in [2.75, 3.05) is 45.0 Å². The molecule has 6 heteroatoms. The van der Waals surface area contributed by atoms with Gasteiger partial charge in [-0.1, -0.05) is 0 Å². The van der Waals surface area contributed by atoms with Crippen LogP contribution in [0.1, 0.15) is 26.7 Å². The summed E-state index contributed by atoms with van der Waals surface area (Å²) in [6.45, 7) is 9.30. The molecule has 0 aliphatic carbocycles. The molecular formula is C13H27N3O2S. The second kappa shape index (κ2) is 6.52. The van der Waals surface area contributed by atoms with Crippen LogP contribution >= 0.6 is 0 Å². The summed E-state index contributed by atoms with van der Waals surface area (Å²) in [5.74, 6) is 0.686. The maximum absolute atomic E-state index is 12.4. The number of piperazine rings is 1. The highest BCUT2D eigenvalue weighted by Gasteiger charge is 2.30. The molecule has 0 unspecified atom stereocenters. The Morgan fingerprint density at radius 2 is 1.68 bits per heavy atom. The smallest absolute Gasteiger partial charge is 0.214 e. The van der Waals surface area contributed by atoms with Crippen LogP contribution in [0.4, 0.5) is 0 Å². The molecule has 2 fully saturated rings. The van der Waals surface area contributed by atoms with E-state index in [1.165, 1.54) is 0 Å². The SMILES string of the molecule is CC(C)N1CCN(S(=O)(=O)CC2CCNCC2)CC1. The molecule has 19 heavy (non-hydrogen) atoms. The van der Waals surface area contributed by atoms with Crippen molar-refractivity contribution in [1.82, 2.24) is 14.5 Å². The zero-order chi connectivity index (χ0) is 13.9. The van der Waals surface area contributed by atoms with Gasteiger partial charge in [-0.3, -0.25) is 4.90 Å².